The fourth-order valence-electron chi connectivity index (χ4n) is 2.87. The average Bonchev–Trinajstić information content (AvgIpc) is 3.20. The van der Waals surface area contributed by atoms with E-state index in [-0.39, 0.29) is 0 Å². The minimum absolute atomic E-state index is 0.572. The summed E-state index contributed by atoms with van der Waals surface area (Å²) in [5, 5.41) is 4.83. The molecule has 2 aromatic rings. The van der Waals surface area contributed by atoms with Gasteiger partial charge in [-0.15, -0.1) is 0 Å². The predicted molar refractivity (Wildman–Crippen MR) is 84.3 cm³/mol. The van der Waals surface area contributed by atoms with Crippen LogP contribution in [-0.2, 0) is 6.54 Å². The average molecular weight is 271 g/mol. The topological polar surface area (TPSA) is 25.2 Å². The normalized spacial score (nSPS) is 15.4. The first-order valence-corrected chi connectivity index (χ1v) is 7.96. The summed E-state index contributed by atoms with van der Waals surface area (Å²) in [6.45, 7) is 8.62. The SMILES string of the molecule is CCCNCc1oc2ccc(C(C)C)cc2c1C1CC1. The highest BCUT2D eigenvalue weighted by atomic mass is 16.3. The summed E-state index contributed by atoms with van der Waals surface area (Å²) in [6, 6.07) is 6.71. The molecule has 2 nitrogen and oxygen atoms in total. The molecule has 0 spiro atoms. The second-order valence-electron chi connectivity index (χ2n) is 6.30. The van der Waals surface area contributed by atoms with Gasteiger partial charge in [0.2, 0.25) is 0 Å². The third-order valence-corrected chi connectivity index (χ3v) is 4.19. The van der Waals surface area contributed by atoms with Crippen molar-refractivity contribution >= 4 is 11.0 Å². The van der Waals surface area contributed by atoms with Crippen LogP contribution < -0.4 is 5.32 Å². The minimum Gasteiger partial charge on any atom is -0.459 e. The van der Waals surface area contributed by atoms with E-state index in [1.54, 1.807) is 0 Å². The lowest BCUT2D eigenvalue weighted by Gasteiger charge is -2.05. The molecule has 0 saturated heterocycles. The highest BCUT2D eigenvalue weighted by Crippen LogP contribution is 2.46. The molecule has 1 N–H and O–H groups in total. The monoisotopic (exact) mass is 271 g/mol. The summed E-state index contributed by atoms with van der Waals surface area (Å²) < 4.78 is 6.12. The van der Waals surface area contributed by atoms with Crippen molar-refractivity contribution in [2.75, 3.05) is 6.54 Å². The Labute approximate surface area is 121 Å². The molecule has 2 heteroatoms. The summed E-state index contributed by atoms with van der Waals surface area (Å²) in [5.41, 5.74) is 3.95. The van der Waals surface area contributed by atoms with Crippen LogP contribution in [-0.4, -0.2) is 6.54 Å². The van der Waals surface area contributed by atoms with Crippen LogP contribution in [0, 0.1) is 0 Å². The van der Waals surface area contributed by atoms with Crippen LogP contribution in [0.25, 0.3) is 11.0 Å². The fourth-order valence-corrected chi connectivity index (χ4v) is 2.87. The summed E-state index contributed by atoms with van der Waals surface area (Å²) in [7, 11) is 0. The van der Waals surface area contributed by atoms with Gasteiger partial charge in [-0.25, -0.2) is 0 Å². The van der Waals surface area contributed by atoms with Crippen LogP contribution in [0.1, 0.15) is 68.8 Å². The van der Waals surface area contributed by atoms with Crippen LogP contribution in [0.3, 0.4) is 0 Å². The highest BCUT2D eigenvalue weighted by molar-refractivity contribution is 5.84. The van der Waals surface area contributed by atoms with Gasteiger partial charge in [0, 0.05) is 10.9 Å². The molecule has 3 rings (SSSR count). The lowest BCUT2D eigenvalue weighted by molar-refractivity contribution is 0.507. The predicted octanol–water partition coefficient (Wildman–Crippen LogP) is 4.93. The van der Waals surface area contributed by atoms with E-state index in [1.807, 2.05) is 0 Å². The third-order valence-electron chi connectivity index (χ3n) is 4.19. The molecule has 1 saturated carbocycles. The van der Waals surface area contributed by atoms with Crippen LogP contribution in [0.4, 0.5) is 0 Å². The molecule has 1 heterocycles. The van der Waals surface area contributed by atoms with E-state index in [0.29, 0.717) is 5.92 Å². The fraction of sp³-hybridized carbons (Fsp3) is 0.556. The van der Waals surface area contributed by atoms with E-state index in [9.17, 15) is 0 Å². The summed E-state index contributed by atoms with van der Waals surface area (Å²) in [6.07, 6.45) is 3.80. The molecule has 108 valence electrons. The molecule has 0 unspecified atom stereocenters. The van der Waals surface area contributed by atoms with E-state index in [4.69, 9.17) is 4.42 Å². The number of benzene rings is 1. The molecule has 20 heavy (non-hydrogen) atoms. The molecule has 0 radical (unpaired) electrons. The Morgan fingerprint density at radius 2 is 2.10 bits per heavy atom. The van der Waals surface area contributed by atoms with Gasteiger partial charge >= 0.3 is 0 Å². The molecule has 1 fully saturated rings. The van der Waals surface area contributed by atoms with Gasteiger partial charge in [-0.2, -0.15) is 0 Å². The molecule has 0 bridgehead atoms. The Morgan fingerprint density at radius 1 is 1.30 bits per heavy atom. The van der Waals surface area contributed by atoms with E-state index < -0.39 is 0 Å². The molecule has 1 aromatic heterocycles. The van der Waals surface area contributed by atoms with Crippen molar-refractivity contribution in [2.24, 2.45) is 0 Å². The van der Waals surface area contributed by atoms with Gasteiger partial charge in [-0.1, -0.05) is 26.8 Å². The largest absolute Gasteiger partial charge is 0.459 e. The quantitative estimate of drug-likeness (QED) is 0.753. The number of nitrogens with one attached hydrogen (secondary N) is 1. The molecule has 1 aromatic carbocycles. The van der Waals surface area contributed by atoms with Crippen LogP contribution in [0.5, 0.6) is 0 Å². The second-order valence-corrected chi connectivity index (χ2v) is 6.30. The Balaban J connectivity index is 1.99. The standard InChI is InChI=1S/C18H25NO/c1-4-9-19-11-17-18(13-5-6-13)15-10-14(12(2)3)7-8-16(15)20-17/h7-8,10,12-13,19H,4-6,9,11H2,1-3H3. The highest BCUT2D eigenvalue weighted by Gasteiger charge is 2.30. The van der Waals surface area contributed by atoms with Crippen molar-refractivity contribution in [1.29, 1.82) is 0 Å². The maximum absolute atomic E-state index is 6.12. The molecule has 0 amide bonds. The number of fused-ring (bicyclic) bond motifs is 1. The van der Waals surface area contributed by atoms with Gasteiger partial charge in [0.15, 0.2) is 0 Å². The van der Waals surface area contributed by atoms with Crippen molar-refractivity contribution in [2.45, 2.75) is 58.4 Å². The van der Waals surface area contributed by atoms with Crippen molar-refractivity contribution < 1.29 is 4.42 Å². The molecule has 0 atom stereocenters. The van der Waals surface area contributed by atoms with E-state index in [2.05, 4.69) is 44.3 Å². The van der Waals surface area contributed by atoms with E-state index in [0.717, 1.165) is 36.8 Å². The van der Waals surface area contributed by atoms with Crippen LogP contribution >= 0.6 is 0 Å². The molecule has 1 aliphatic carbocycles. The summed E-state index contributed by atoms with van der Waals surface area (Å²) in [4.78, 5) is 0. The Hall–Kier alpha value is -1.28. The Bertz CT molecular complexity index is 593. The van der Waals surface area contributed by atoms with Crippen molar-refractivity contribution in [3.8, 4) is 0 Å². The van der Waals surface area contributed by atoms with Gasteiger partial charge in [0.1, 0.15) is 11.3 Å². The van der Waals surface area contributed by atoms with Crippen LogP contribution in [0.15, 0.2) is 22.6 Å². The van der Waals surface area contributed by atoms with Gasteiger partial charge in [-0.3, -0.25) is 0 Å². The zero-order chi connectivity index (χ0) is 14.1. The zero-order valence-corrected chi connectivity index (χ0v) is 12.8. The van der Waals surface area contributed by atoms with Crippen molar-refractivity contribution in [1.82, 2.24) is 5.32 Å². The van der Waals surface area contributed by atoms with E-state index in [1.165, 1.54) is 29.4 Å². The Morgan fingerprint density at radius 3 is 2.75 bits per heavy atom. The zero-order valence-electron chi connectivity index (χ0n) is 12.8. The smallest absolute Gasteiger partial charge is 0.134 e. The molecular weight excluding hydrogens is 246 g/mol. The number of rotatable bonds is 6. The number of hydrogen-bond acceptors (Lipinski definition) is 2. The maximum atomic E-state index is 6.12. The first-order valence-electron chi connectivity index (χ1n) is 7.96. The lowest BCUT2D eigenvalue weighted by atomic mass is 9.98. The van der Waals surface area contributed by atoms with Gasteiger partial charge in [-0.05, 0) is 55.3 Å². The first-order chi connectivity index (χ1) is 9.70. The summed E-state index contributed by atoms with van der Waals surface area (Å²) in [5.74, 6) is 2.47. The van der Waals surface area contributed by atoms with Crippen molar-refractivity contribution in [3.05, 3.63) is 35.1 Å². The first kappa shape index (κ1) is 13.7. The van der Waals surface area contributed by atoms with Crippen molar-refractivity contribution in [3.63, 3.8) is 0 Å². The lowest BCUT2D eigenvalue weighted by Crippen LogP contribution is -2.14. The van der Waals surface area contributed by atoms with Gasteiger partial charge in [0.25, 0.3) is 0 Å². The van der Waals surface area contributed by atoms with Gasteiger partial charge in [0.05, 0.1) is 6.54 Å². The van der Waals surface area contributed by atoms with Gasteiger partial charge < -0.3 is 9.73 Å². The molecular formula is C18H25NO. The van der Waals surface area contributed by atoms with E-state index >= 15 is 0 Å². The molecule has 1 aliphatic rings. The minimum atomic E-state index is 0.572. The molecule has 0 aliphatic heterocycles. The summed E-state index contributed by atoms with van der Waals surface area (Å²) >= 11 is 0. The second kappa shape index (κ2) is 5.61. The van der Waals surface area contributed by atoms with Crippen LogP contribution in [0.2, 0.25) is 0 Å². The number of furan rings is 1. The third kappa shape index (κ3) is 2.62. The maximum Gasteiger partial charge on any atom is 0.134 e. The Kier molecular flexibility index (Phi) is 3.84. The number of hydrogen-bond donors (Lipinski definition) is 1.